The molecule has 9 heteroatoms. The number of likely N-dealkylation sites (tertiary alicyclic amines) is 1. The predicted octanol–water partition coefficient (Wildman–Crippen LogP) is 5.22. The molecule has 2 aliphatic carbocycles. The van der Waals surface area contributed by atoms with Crippen LogP contribution in [0, 0.1) is 29.1 Å². The van der Waals surface area contributed by atoms with E-state index in [4.69, 9.17) is 11.6 Å². The van der Waals surface area contributed by atoms with E-state index >= 15 is 0 Å². The van der Waals surface area contributed by atoms with E-state index in [1.165, 1.54) is 15.9 Å². The Morgan fingerprint density at radius 3 is 2.34 bits per heavy atom. The molecule has 224 valence electrons. The number of phenolic OH excluding ortho intramolecular Hbond substituents is 2. The lowest BCUT2D eigenvalue weighted by atomic mass is 9.51. The van der Waals surface area contributed by atoms with Gasteiger partial charge in [0.2, 0.25) is 23.6 Å². The summed E-state index contributed by atoms with van der Waals surface area (Å²) in [4.78, 5) is 58.8. The highest BCUT2D eigenvalue weighted by molar-refractivity contribution is 6.30. The molecular weight excluding hydrogens is 580 g/mol. The first-order valence-electron chi connectivity index (χ1n) is 14.9. The zero-order chi connectivity index (χ0) is 30.9. The number of rotatable bonds is 5. The second-order valence-corrected chi connectivity index (χ2v) is 12.9. The summed E-state index contributed by atoms with van der Waals surface area (Å²) < 4.78 is 0. The van der Waals surface area contributed by atoms with Crippen LogP contribution in [-0.2, 0) is 25.6 Å². The number of aromatic hydroxyl groups is 2. The van der Waals surface area contributed by atoms with Gasteiger partial charge >= 0.3 is 0 Å². The average Bonchev–Trinajstić information content (AvgIpc) is 3.38. The number of phenols is 2. The van der Waals surface area contributed by atoms with Gasteiger partial charge in [-0.05, 0) is 80.1 Å². The van der Waals surface area contributed by atoms with Crippen molar-refractivity contribution in [2.24, 2.45) is 29.1 Å². The summed E-state index contributed by atoms with van der Waals surface area (Å²) in [6.07, 6.45) is 2.96. The fourth-order valence-corrected chi connectivity index (χ4v) is 8.31. The first-order valence-corrected chi connectivity index (χ1v) is 15.2. The Hall–Kier alpha value is -4.43. The lowest BCUT2D eigenvalue weighted by molar-refractivity contribution is -0.140. The van der Waals surface area contributed by atoms with Crippen LogP contribution in [0.15, 0.2) is 84.4 Å². The normalized spacial score (nSPS) is 29.4. The lowest BCUT2D eigenvalue weighted by Crippen LogP contribution is -2.49. The molecule has 1 saturated carbocycles. The highest BCUT2D eigenvalue weighted by Gasteiger charge is 2.67. The molecule has 2 heterocycles. The van der Waals surface area contributed by atoms with Crippen molar-refractivity contribution in [2.75, 3.05) is 11.4 Å². The summed E-state index contributed by atoms with van der Waals surface area (Å²) in [6.45, 7) is 1.98. The summed E-state index contributed by atoms with van der Waals surface area (Å²) in [7, 11) is 0. The lowest BCUT2D eigenvalue weighted by Gasteiger charge is -2.49. The van der Waals surface area contributed by atoms with Gasteiger partial charge in [0.05, 0.1) is 28.9 Å². The molecule has 3 fully saturated rings. The minimum atomic E-state index is -1.26. The van der Waals surface area contributed by atoms with Gasteiger partial charge in [-0.15, -0.1) is 0 Å². The van der Waals surface area contributed by atoms with E-state index in [0.29, 0.717) is 29.1 Å². The van der Waals surface area contributed by atoms with Crippen molar-refractivity contribution in [1.29, 1.82) is 0 Å². The monoisotopic (exact) mass is 610 g/mol. The standard InChI is InChI=1S/C35H31ClN2O6/c1-35-27(32(42)38(34(35)44)21-5-3-2-4-6-21)18-25-23(30(35)26-17-20(36)9-14-28(26)40)12-13-24-29(25)33(43)37(31(24)41)16-15-19-7-10-22(39)11-8-19/h2-12,14,17,24-25,27,29-30,39-40H,13,15-16,18H2,1H3. The smallest absolute Gasteiger partial charge is 0.241 e. The second kappa shape index (κ2) is 10.3. The number of fused-ring (bicyclic) bond motifs is 4. The molecule has 3 aromatic carbocycles. The van der Waals surface area contributed by atoms with E-state index in [9.17, 15) is 29.4 Å². The number of hydrogen-bond acceptors (Lipinski definition) is 6. The molecule has 44 heavy (non-hydrogen) atoms. The number of carbonyl (C=O) groups excluding carboxylic acids is 4. The fraction of sp³-hybridized carbons (Fsp3) is 0.314. The van der Waals surface area contributed by atoms with Gasteiger partial charge in [0.25, 0.3) is 0 Å². The molecule has 8 nitrogen and oxygen atoms in total. The number of benzene rings is 3. The maximum atomic E-state index is 14.4. The van der Waals surface area contributed by atoms with Gasteiger partial charge in [0.1, 0.15) is 11.5 Å². The van der Waals surface area contributed by atoms with Crippen LogP contribution in [0.2, 0.25) is 5.02 Å². The number of anilines is 1. The third kappa shape index (κ3) is 4.11. The van der Waals surface area contributed by atoms with Gasteiger partial charge < -0.3 is 10.2 Å². The molecule has 0 spiro atoms. The van der Waals surface area contributed by atoms with E-state index in [2.05, 4.69) is 0 Å². The van der Waals surface area contributed by atoms with Crippen molar-refractivity contribution in [1.82, 2.24) is 4.90 Å². The van der Waals surface area contributed by atoms with E-state index in [0.717, 1.165) is 11.1 Å². The number of amides is 4. The molecule has 0 aromatic heterocycles. The van der Waals surface area contributed by atoms with Crippen LogP contribution in [0.4, 0.5) is 5.69 Å². The van der Waals surface area contributed by atoms with Gasteiger partial charge in [0, 0.05) is 23.0 Å². The van der Waals surface area contributed by atoms with Gasteiger partial charge in [-0.1, -0.05) is 53.6 Å². The van der Waals surface area contributed by atoms with Crippen LogP contribution in [0.5, 0.6) is 11.5 Å². The summed E-state index contributed by atoms with van der Waals surface area (Å²) in [6, 6.07) is 20.1. The van der Waals surface area contributed by atoms with Crippen LogP contribution in [0.1, 0.15) is 36.8 Å². The number of nitrogens with zero attached hydrogens (tertiary/aromatic N) is 2. The fourth-order valence-electron chi connectivity index (χ4n) is 8.13. The van der Waals surface area contributed by atoms with Crippen LogP contribution in [0.3, 0.4) is 0 Å². The second-order valence-electron chi connectivity index (χ2n) is 12.4. The van der Waals surface area contributed by atoms with Crippen molar-refractivity contribution >= 4 is 40.9 Å². The van der Waals surface area contributed by atoms with Crippen molar-refractivity contribution in [3.8, 4) is 11.5 Å². The molecule has 6 atom stereocenters. The third-order valence-electron chi connectivity index (χ3n) is 10.2. The number of allylic oxidation sites excluding steroid dienone is 2. The highest BCUT2D eigenvalue weighted by atomic mass is 35.5. The molecule has 6 unspecified atom stereocenters. The Bertz CT molecular complexity index is 1740. The molecule has 2 saturated heterocycles. The molecule has 3 aromatic rings. The molecular formula is C35H31ClN2O6. The zero-order valence-electron chi connectivity index (χ0n) is 24.0. The molecule has 2 N–H and O–H groups in total. The third-order valence-corrected chi connectivity index (χ3v) is 10.5. The average molecular weight is 611 g/mol. The minimum Gasteiger partial charge on any atom is -0.508 e. The van der Waals surface area contributed by atoms with Crippen LogP contribution < -0.4 is 4.90 Å². The molecule has 7 rings (SSSR count). The van der Waals surface area contributed by atoms with Gasteiger partial charge in [-0.3, -0.25) is 24.1 Å². The summed E-state index contributed by atoms with van der Waals surface area (Å²) in [5.41, 5.74) is 1.32. The molecule has 0 bridgehead atoms. The Labute approximate surface area is 259 Å². The van der Waals surface area contributed by atoms with Crippen LogP contribution >= 0.6 is 11.6 Å². The Kier molecular flexibility index (Phi) is 6.66. The summed E-state index contributed by atoms with van der Waals surface area (Å²) in [5.74, 6) is -4.36. The van der Waals surface area contributed by atoms with Gasteiger partial charge in [-0.2, -0.15) is 0 Å². The Morgan fingerprint density at radius 2 is 1.61 bits per heavy atom. The van der Waals surface area contributed by atoms with Crippen molar-refractivity contribution < 1.29 is 29.4 Å². The number of halogens is 1. The maximum absolute atomic E-state index is 14.4. The quantitative estimate of drug-likeness (QED) is 0.302. The van der Waals surface area contributed by atoms with Crippen LogP contribution in [0.25, 0.3) is 0 Å². The minimum absolute atomic E-state index is 0.0502. The Balaban J connectivity index is 1.30. The largest absolute Gasteiger partial charge is 0.508 e. The number of carbonyl (C=O) groups is 4. The SMILES string of the molecule is CC12C(=O)N(c3ccccc3)C(=O)C1CC1C(=CCC3C(=O)N(CCc4ccc(O)cc4)C(=O)C31)C2c1cc(Cl)ccc1O. The molecule has 4 amide bonds. The van der Waals surface area contributed by atoms with Crippen molar-refractivity contribution in [3.63, 3.8) is 0 Å². The first kappa shape index (κ1) is 28.3. The van der Waals surface area contributed by atoms with E-state index in [1.807, 2.05) is 12.1 Å². The van der Waals surface area contributed by atoms with Crippen molar-refractivity contribution in [3.05, 3.63) is 101 Å². The summed E-state index contributed by atoms with van der Waals surface area (Å²) >= 11 is 6.42. The molecule has 0 radical (unpaired) electrons. The van der Waals surface area contributed by atoms with Crippen LogP contribution in [-0.4, -0.2) is 45.3 Å². The predicted molar refractivity (Wildman–Crippen MR) is 163 cm³/mol. The summed E-state index contributed by atoms with van der Waals surface area (Å²) in [5, 5.41) is 21.1. The first-order chi connectivity index (χ1) is 21.1. The number of hydrogen-bond donors (Lipinski definition) is 2. The number of para-hydroxylation sites is 1. The van der Waals surface area contributed by atoms with Gasteiger partial charge in [-0.25, -0.2) is 4.90 Å². The van der Waals surface area contributed by atoms with E-state index < -0.39 is 35.0 Å². The maximum Gasteiger partial charge on any atom is 0.241 e. The van der Waals surface area contributed by atoms with Gasteiger partial charge in [0.15, 0.2) is 0 Å². The van der Waals surface area contributed by atoms with E-state index in [-0.39, 0.29) is 48.1 Å². The topological polar surface area (TPSA) is 115 Å². The number of imide groups is 2. The highest BCUT2D eigenvalue weighted by Crippen LogP contribution is 2.64. The Morgan fingerprint density at radius 1 is 0.886 bits per heavy atom. The zero-order valence-corrected chi connectivity index (χ0v) is 24.8. The molecule has 2 aliphatic heterocycles. The van der Waals surface area contributed by atoms with Crippen molar-refractivity contribution in [2.45, 2.75) is 32.1 Å². The molecule has 4 aliphatic rings. The van der Waals surface area contributed by atoms with E-state index in [1.54, 1.807) is 67.6 Å².